The van der Waals surface area contributed by atoms with Gasteiger partial charge in [0, 0.05) is 19.3 Å². The van der Waals surface area contributed by atoms with E-state index in [2.05, 4.69) is 179 Å². The molecule has 1 unspecified atom stereocenters. The standard InChI is InChI=1S/C68H104O6/c1-4-7-10-13-16-19-22-25-28-31-34-37-40-43-46-49-52-55-58-61-67(70)73-64-65(63-72-66(69)60-57-54-51-48-45-42-39-36-33-30-27-24-21-18-15-12-9-6-3)74-68(71)62-59-56-53-50-47-44-41-38-35-32-29-26-23-20-17-14-11-8-5-2/h7-8,10-11,16-21,24-30,33-39,43,46,52,55,65H,4-6,9,12-15,22-23,31-32,40-42,44-45,47-51,53-54,56-64H2,1-3H3/b10-7-,11-8-,19-16-,20-17-,21-18-,27-24-,28-25-,29-26-,33-30-,37-34-,38-35-,39-36-,46-43-,55-52-. The van der Waals surface area contributed by atoms with Crippen LogP contribution in [0.3, 0.4) is 0 Å². The molecule has 0 N–H and O–H groups in total. The molecule has 0 rings (SSSR count). The van der Waals surface area contributed by atoms with Crippen LogP contribution in [0.5, 0.6) is 0 Å². The number of carbonyl (C=O) groups is 3. The molecule has 0 aliphatic heterocycles. The summed E-state index contributed by atoms with van der Waals surface area (Å²) in [4.78, 5) is 38.2. The molecule has 1 atom stereocenters. The van der Waals surface area contributed by atoms with Gasteiger partial charge in [-0.2, -0.15) is 0 Å². The number of esters is 3. The number of hydrogen-bond donors (Lipinski definition) is 0. The third-order valence-electron chi connectivity index (χ3n) is 11.5. The molecular formula is C68H104O6. The smallest absolute Gasteiger partial charge is 0.306 e. The summed E-state index contributed by atoms with van der Waals surface area (Å²) >= 11 is 0. The Balaban J connectivity index is 4.62. The third-order valence-corrected chi connectivity index (χ3v) is 11.5. The van der Waals surface area contributed by atoms with Gasteiger partial charge in [-0.1, -0.05) is 249 Å². The predicted octanol–water partition coefficient (Wildman–Crippen LogP) is 19.9. The van der Waals surface area contributed by atoms with E-state index in [9.17, 15) is 14.4 Å². The van der Waals surface area contributed by atoms with Crippen LogP contribution in [0.1, 0.15) is 220 Å². The zero-order valence-electron chi connectivity index (χ0n) is 47.0. The molecule has 0 heterocycles. The molecule has 0 aromatic carbocycles. The maximum atomic E-state index is 12.9. The lowest BCUT2D eigenvalue weighted by Crippen LogP contribution is -2.30. The molecule has 0 fully saturated rings. The van der Waals surface area contributed by atoms with Crippen molar-refractivity contribution in [1.29, 1.82) is 0 Å². The second kappa shape index (κ2) is 60.3. The fourth-order valence-corrected chi connectivity index (χ4v) is 7.23. The van der Waals surface area contributed by atoms with E-state index in [0.717, 1.165) is 141 Å². The highest BCUT2D eigenvalue weighted by Crippen LogP contribution is 2.13. The van der Waals surface area contributed by atoms with E-state index in [1.165, 1.54) is 32.1 Å². The summed E-state index contributed by atoms with van der Waals surface area (Å²) in [6.07, 6.45) is 89.1. The Hall–Kier alpha value is -5.23. The highest BCUT2D eigenvalue weighted by Gasteiger charge is 2.19. The molecule has 0 aliphatic carbocycles. The lowest BCUT2D eigenvalue weighted by molar-refractivity contribution is -0.166. The van der Waals surface area contributed by atoms with E-state index < -0.39 is 6.10 Å². The minimum Gasteiger partial charge on any atom is -0.462 e. The van der Waals surface area contributed by atoms with Crippen LogP contribution in [0.4, 0.5) is 0 Å². The summed E-state index contributed by atoms with van der Waals surface area (Å²) in [5, 5.41) is 0. The van der Waals surface area contributed by atoms with Gasteiger partial charge in [0.2, 0.25) is 0 Å². The lowest BCUT2D eigenvalue weighted by atomic mass is 10.1. The summed E-state index contributed by atoms with van der Waals surface area (Å²) in [5.74, 6) is -1.06. The van der Waals surface area contributed by atoms with Crippen LogP contribution in [-0.2, 0) is 28.6 Å². The summed E-state index contributed by atoms with van der Waals surface area (Å²) in [5.41, 5.74) is 0. The number of allylic oxidation sites excluding steroid dienone is 28. The third kappa shape index (κ3) is 57.7. The van der Waals surface area contributed by atoms with Crippen molar-refractivity contribution < 1.29 is 28.6 Å². The van der Waals surface area contributed by atoms with Crippen LogP contribution >= 0.6 is 0 Å². The first-order valence-corrected chi connectivity index (χ1v) is 29.2. The van der Waals surface area contributed by atoms with Crippen molar-refractivity contribution in [2.24, 2.45) is 0 Å². The zero-order valence-corrected chi connectivity index (χ0v) is 47.0. The van der Waals surface area contributed by atoms with E-state index in [0.29, 0.717) is 12.8 Å². The van der Waals surface area contributed by atoms with Gasteiger partial charge in [-0.05, 0) is 122 Å². The number of carbonyl (C=O) groups excluding carboxylic acids is 3. The second-order valence-electron chi connectivity index (χ2n) is 18.5. The molecule has 0 bridgehead atoms. The van der Waals surface area contributed by atoms with Crippen molar-refractivity contribution in [1.82, 2.24) is 0 Å². The molecule has 0 saturated heterocycles. The van der Waals surface area contributed by atoms with Gasteiger partial charge in [0.15, 0.2) is 6.10 Å². The van der Waals surface area contributed by atoms with Gasteiger partial charge >= 0.3 is 17.9 Å². The van der Waals surface area contributed by atoms with E-state index >= 15 is 0 Å². The van der Waals surface area contributed by atoms with Gasteiger partial charge in [-0.25, -0.2) is 0 Å². The van der Waals surface area contributed by atoms with Crippen molar-refractivity contribution in [3.63, 3.8) is 0 Å². The van der Waals surface area contributed by atoms with Gasteiger partial charge in [0.25, 0.3) is 0 Å². The van der Waals surface area contributed by atoms with E-state index in [4.69, 9.17) is 14.2 Å². The molecular weight excluding hydrogens is 913 g/mol. The molecule has 0 amide bonds. The topological polar surface area (TPSA) is 78.9 Å². The lowest BCUT2D eigenvalue weighted by Gasteiger charge is -2.18. The van der Waals surface area contributed by atoms with E-state index in [1.807, 2.05) is 12.2 Å². The van der Waals surface area contributed by atoms with Crippen molar-refractivity contribution in [3.8, 4) is 0 Å². The summed E-state index contributed by atoms with van der Waals surface area (Å²) in [6, 6.07) is 0. The molecule has 0 spiro atoms. The SMILES string of the molecule is CC/C=C\C/C=C\C/C=C\C/C=C\C/C=C\C/C=C\CCC(=O)OCC(COC(=O)CCCCCCC\C=C/C=C\C=C/C=C\CCCCC)OC(=O)CCCCCCCC/C=C\C/C=C\C/C=C\C/C=C\CC. The molecule has 0 saturated carbocycles. The molecule has 412 valence electrons. The number of rotatable bonds is 50. The van der Waals surface area contributed by atoms with Crippen LogP contribution in [-0.4, -0.2) is 37.2 Å². The van der Waals surface area contributed by atoms with Gasteiger partial charge < -0.3 is 14.2 Å². The zero-order chi connectivity index (χ0) is 53.6. The van der Waals surface area contributed by atoms with E-state index in [-0.39, 0.29) is 44.0 Å². The van der Waals surface area contributed by atoms with E-state index in [1.54, 1.807) is 0 Å². The minimum absolute atomic E-state index is 0.128. The Kier molecular flexibility index (Phi) is 56.1. The molecule has 0 aromatic heterocycles. The van der Waals surface area contributed by atoms with Crippen LogP contribution in [0.25, 0.3) is 0 Å². The average molecular weight is 1020 g/mol. The first kappa shape index (κ1) is 68.8. The van der Waals surface area contributed by atoms with Crippen molar-refractivity contribution in [2.45, 2.75) is 226 Å². The Bertz CT molecular complexity index is 1740. The highest BCUT2D eigenvalue weighted by molar-refractivity contribution is 5.71. The number of ether oxygens (including phenoxy) is 3. The summed E-state index contributed by atoms with van der Waals surface area (Å²) in [7, 11) is 0. The van der Waals surface area contributed by atoms with Crippen molar-refractivity contribution in [3.05, 3.63) is 170 Å². The Morgan fingerprint density at radius 2 is 0.608 bits per heavy atom. The molecule has 74 heavy (non-hydrogen) atoms. The van der Waals surface area contributed by atoms with Crippen LogP contribution < -0.4 is 0 Å². The Labute approximate surface area is 453 Å². The molecule has 0 radical (unpaired) electrons. The van der Waals surface area contributed by atoms with Gasteiger partial charge in [0.1, 0.15) is 13.2 Å². The minimum atomic E-state index is -0.837. The maximum absolute atomic E-state index is 12.9. The first-order chi connectivity index (χ1) is 36.5. The monoisotopic (exact) mass is 1020 g/mol. The van der Waals surface area contributed by atoms with Gasteiger partial charge in [0.05, 0.1) is 0 Å². The largest absolute Gasteiger partial charge is 0.462 e. The predicted molar refractivity (Wildman–Crippen MR) is 320 cm³/mol. The first-order valence-electron chi connectivity index (χ1n) is 29.2. The summed E-state index contributed by atoms with van der Waals surface area (Å²) < 4.78 is 16.8. The maximum Gasteiger partial charge on any atom is 0.306 e. The number of unbranched alkanes of at least 4 members (excludes halogenated alkanes) is 14. The van der Waals surface area contributed by atoms with Crippen molar-refractivity contribution >= 4 is 17.9 Å². The Morgan fingerprint density at radius 1 is 0.297 bits per heavy atom. The van der Waals surface area contributed by atoms with Gasteiger partial charge in [-0.3, -0.25) is 14.4 Å². The van der Waals surface area contributed by atoms with Crippen LogP contribution in [0, 0.1) is 0 Å². The molecule has 6 nitrogen and oxygen atoms in total. The van der Waals surface area contributed by atoms with Crippen LogP contribution in [0.15, 0.2) is 170 Å². The quantitative estimate of drug-likeness (QED) is 0.0199. The Morgan fingerprint density at radius 3 is 1.03 bits per heavy atom. The van der Waals surface area contributed by atoms with Gasteiger partial charge in [-0.15, -0.1) is 0 Å². The van der Waals surface area contributed by atoms with Crippen molar-refractivity contribution in [2.75, 3.05) is 13.2 Å². The molecule has 6 heteroatoms. The molecule has 0 aromatic rings. The molecule has 0 aliphatic rings. The average Bonchev–Trinajstić information content (AvgIpc) is 3.40. The summed E-state index contributed by atoms with van der Waals surface area (Å²) in [6.45, 7) is 6.26. The fourth-order valence-electron chi connectivity index (χ4n) is 7.23. The normalized spacial score (nSPS) is 13.4. The fraction of sp³-hybridized carbons (Fsp3) is 0.544. The second-order valence-corrected chi connectivity index (χ2v) is 18.5. The number of hydrogen-bond acceptors (Lipinski definition) is 6. The van der Waals surface area contributed by atoms with Crippen LogP contribution in [0.2, 0.25) is 0 Å². The highest BCUT2D eigenvalue weighted by atomic mass is 16.6.